The predicted molar refractivity (Wildman–Crippen MR) is 82.7 cm³/mol. The van der Waals surface area contributed by atoms with Crippen LogP contribution in [0, 0.1) is 0 Å². The second-order valence-corrected chi connectivity index (χ2v) is 6.36. The maximum atomic E-state index is 12.1. The number of ether oxygens (including phenoxy) is 2. The summed E-state index contributed by atoms with van der Waals surface area (Å²) in [5, 5.41) is 19.4. The molecule has 2 heterocycles. The van der Waals surface area contributed by atoms with E-state index < -0.39 is 17.8 Å². The number of carbonyl (C=O) groups excluding carboxylic acids is 1. The monoisotopic (exact) mass is 321 g/mol. The number of nitrogens with zero attached hydrogens (tertiary/aromatic N) is 1. The van der Waals surface area contributed by atoms with E-state index in [2.05, 4.69) is 0 Å². The zero-order chi connectivity index (χ0) is 16.3. The minimum Gasteiger partial charge on any atom is -0.445 e. The van der Waals surface area contributed by atoms with Gasteiger partial charge in [0, 0.05) is 19.5 Å². The molecule has 2 aliphatic heterocycles. The van der Waals surface area contributed by atoms with E-state index in [1.54, 1.807) is 4.90 Å². The maximum absolute atomic E-state index is 12.1. The fraction of sp³-hybridized carbons (Fsp3) is 0.588. The summed E-state index contributed by atoms with van der Waals surface area (Å²) in [6.07, 6.45) is -0.162. The molecule has 2 N–H and O–H groups in total. The lowest BCUT2D eigenvalue weighted by Crippen LogP contribution is -2.55. The highest BCUT2D eigenvalue weighted by molar-refractivity contribution is 5.67. The zero-order valence-corrected chi connectivity index (χ0v) is 13.1. The van der Waals surface area contributed by atoms with E-state index in [4.69, 9.17) is 9.47 Å². The van der Waals surface area contributed by atoms with Crippen LogP contribution < -0.4 is 0 Å². The van der Waals surface area contributed by atoms with Crippen LogP contribution in [0.3, 0.4) is 0 Å². The summed E-state index contributed by atoms with van der Waals surface area (Å²) in [5.41, 5.74) is 0.538. The van der Waals surface area contributed by atoms with E-state index in [1.165, 1.54) is 0 Å². The van der Waals surface area contributed by atoms with Crippen molar-refractivity contribution in [3.63, 3.8) is 0 Å². The first-order chi connectivity index (χ1) is 11.1. The number of carbonyl (C=O) groups is 1. The summed E-state index contributed by atoms with van der Waals surface area (Å²) >= 11 is 0. The molecule has 1 aromatic rings. The van der Waals surface area contributed by atoms with E-state index >= 15 is 0 Å². The molecule has 6 heteroatoms. The van der Waals surface area contributed by atoms with Gasteiger partial charge in [-0.25, -0.2) is 4.79 Å². The van der Waals surface area contributed by atoms with Crippen molar-refractivity contribution >= 4 is 6.09 Å². The Balaban J connectivity index is 1.48. The lowest BCUT2D eigenvalue weighted by atomic mass is 9.83. The summed E-state index contributed by atoms with van der Waals surface area (Å²) in [5.74, 6) is 0. The average Bonchev–Trinajstić information content (AvgIpc) is 2.58. The van der Waals surface area contributed by atoms with Gasteiger partial charge >= 0.3 is 6.09 Å². The highest BCUT2D eigenvalue weighted by Crippen LogP contribution is 2.35. The quantitative estimate of drug-likeness (QED) is 0.858. The van der Waals surface area contributed by atoms with Gasteiger partial charge in [-0.05, 0) is 18.4 Å². The van der Waals surface area contributed by atoms with E-state index in [-0.39, 0.29) is 19.3 Å². The van der Waals surface area contributed by atoms with Crippen molar-refractivity contribution in [2.75, 3.05) is 19.7 Å². The molecule has 2 aliphatic rings. The molecular formula is C17H23NO5. The molecule has 6 nitrogen and oxygen atoms in total. The van der Waals surface area contributed by atoms with Crippen LogP contribution in [0.2, 0.25) is 0 Å². The van der Waals surface area contributed by atoms with Crippen LogP contribution in [0.15, 0.2) is 30.3 Å². The molecule has 0 bridgehead atoms. The number of benzene rings is 1. The molecule has 1 spiro atoms. The van der Waals surface area contributed by atoms with Crippen molar-refractivity contribution in [2.45, 2.75) is 43.7 Å². The number of amides is 1. The van der Waals surface area contributed by atoms with Crippen LogP contribution >= 0.6 is 0 Å². The van der Waals surface area contributed by atoms with Crippen LogP contribution in [0.5, 0.6) is 0 Å². The van der Waals surface area contributed by atoms with Gasteiger partial charge < -0.3 is 24.6 Å². The normalized spacial score (nSPS) is 27.0. The molecule has 2 saturated heterocycles. The minimum absolute atomic E-state index is 0.152. The Bertz CT molecular complexity index is 527. The highest BCUT2D eigenvalue weighted by atomic mass is 16.6. The van der Waals surface area contributed by atoms with Crippen molar-refractivity contribution in [1.29, 1.82) is 0 Å². The molecule has 1 aromatic carbocycles. The van der Waals surface area contributed by atoms with Gasteiger partial charge in [0.1, 0.15) is 12.7 Å². The molecule has 126 valence electrons. The molecule has 0 radical (unpaired) electrons. The van der Waals surface area contributed by atoms with E-state index in [9.17, 15) is 15.0 Å². The minimum atomic E-state index is -0.811. The predicted octanol–water partition coefficient (Wildman–Crippen LogP) is 1.30. The number of rotatable bonds is 2. The summed E-state index contributed by atoms with van der Waals surface area (Å²) in [7, 11) is 0. The van der Waals surface area contributed by atoms with Gasteiger partial charge in [-0.1, -0.05) is 30.3 Å². The Morgan fingerprint density at radius 1 is 1.22 bits per heavy atom. The third-order valence-corrected chi connectivity index (χ3v) is 4.72. The second-order valence-electron chi connectivity index (χ2n) is 6.36. The summed E-state index contributed by atoms with van der Waals surface area (Å²) in [6.45, 7) is 1.50. The molecule has 1 amide bonds. The fourth-order valence-electron chi connectivity index (χ4n) is 3.21. The molecule has 0 unspecified atom stereocenters. The first kappa shape index (κ1) is 16.2. The second kappa shape index (κ2) is 6.86. The lowest BCUT2D eigenvalue weighted by molar-refractivity contribution is -0.186. The van der Waals surface area contributed by atoms with E-state index in [1.807, 2.05) is 30.3 Å². The van der Waals surface area contributed by atoms with E-state index in [0.29, 0.717) is 32.4 Å². The van der Waals surface area contributed by atoms with Gasteiger partial charge in [-0.15, -0.1) is 0 Å². The Hall–Kier alpha value is -1.63. The Morgan fingerprint density at radius 2 is 1.91 bits per heavy atom. The molecular weight excluding hydrogens is 298 g/mol. The molecule has 0 aromatic heterocycles. The lowest BCUT2D eigenvalue weighted by Gasteiger charge is -2.46. The Kier molecular flexibility index (Phi) is 4.84. The number of hydrogen-bond acceptors (Lipinski definition) is 5. The molecule has 0 saturated carbocycles. The number of hydrogen-bond donors (Lipinski definition) is 2. The summed E-state index contributed by atoms with van der Waals surface area (Å²) < 4.78 is 11.1. The van der Waals surface area contributed by atoms with Crippen molar-refractivity contribution in [3.05, 3.63) is 35.9 Å². The van der Waals surface area contributed by atoms with Crippen LogP contribution in [0.4, 0.5) is 4.79 Å². The van der Waals surface area contributed by atoms with Gasteiger partial charge in [-0.2, -0.15) is 0 Å². The SMILES string of the molecule is O=C(OCc1ccccc1)N1CCC2(CC1)C[C@H](O)[C@H](O)CO2. The van der Waals surface area contributed by atoms with Crippen molar-refractivity contribution in [1.82, 2.24) is 4.90 Å². The number of aliphatic hydroxyl groups excluding tert-OH is 2. The number of aliphatic hydroxyl groups is 2. The third kappa shape index (κ3) is 3.83. The maximum Gasteiger partial charge on any atom is 0.410 e. The van der Waals surface area contributed by atoms with Gasteiger partial charge in [-0.3, -0.25) is 0 Å². The average molecular weight is 321 g/mol. The van der Waals surface area contributed by atoms with Gasteiger partial charge in [0.25, 0.3) is 0 Å². The van der Waals surface area contributed by atoms with Crippen LogP contribution in [-0.4, -0.2) is 58.7 Å². The summed E-state index contributed by atoms with van der Waals surface area (Å²) in [6, 6.07) is 9.58. The molecule has 2 atom stereocenters. The fourth-order valence-corrected chi connectivity index (χ4v) is 3.21. The van der Waals surface area contributed by atoms with Gasteiger partial charge in [0.2, 0.25) is 0 Å². The number of likely N-dealkylation sites (tertiary alicyclic amines) is 1. The van der Waals surface area contributed by atoms with E-state index in [0.717, 1.165) is 5.56 Å². The highest BCUT2D eigenvalue weighted by Gasteiger charge is 2.43. The van der Waals surface area contributed by atoms with Gasteiger partial charge in [0.05, 0.1) is 18.3 Å². The van der Waals surface area contributed by atoms with Crippen molar-refractivity contribution in [2.24, 2.45) is 0 Å². The van der Waals surface area contributed by atoms with Crippen molar-refractivity contribution < 1.29 is 24.5 Å². The molecule has 3 rings (SSSR count). The molecule has 2 fully saturated rings. The molecule has 23 heavy (non-hydrogen) atoms. The molecule has 0 aliphatic carbocycles. The van der Waals surface area contributed by atoms with Gasteiger partial charge in [0.15, 0.2) is 0 Å². The first-order valence-electron chi connectivity index (χ1n) is 8.04. The standard InChI is InChI=1S/C17H23NO5/c19-14-10-17(23-12-15(14)20)6-8-18(9-7-17)16(21)22-11-13-4-2-1-3-5-13/h1-5,14-15,19-20H,6-12H2/t14-,15+/m0/s1. The van der Waals surface area contributed by atoms with Crippen molar-refractivity contribution in [3.8, 4) is 0 Å². The smallest absolute Gasteiger partial charge is 0.410 e. The van der Waals surface area contributed by atoms with Crippen LogP contribution in [-0.2, 0) is 16.1 Å². The summed E-state index contributed by atoms with van der Waals surface area (Å²) in [4.78, 5) is 13.8. The van der Waals surface area contributed by atoms with Crippen LogP contribution in [0.1, 0.15) is 24.8 Å². The zero-order valence-electron chi connectivity index (χ0n) is 13.1. The number of piperidine rings is 1. The largest absolute Gasteiger partial charge is 0.445 e. The third-order valence-electron chi connectivity index (χ3n) is 4.72. The Labute approximate surface area is 135 Å². The topological polar surface area (TPSA) is 79.2 Å². The van der Waals surface area contributed by atoms with Crippen LogP contribution in [0.25, 0.3) is 0 Å². The first-order valence-corrected chi connectivity index (χ1v) is 8.04. The Morgan fingerprint density at radius 3 is 2.57 bits per heavy atom.